The van der Waals surface area contributed by atoms with Gasteiger partial charge in [-0.1, -0.05) is 59.1 Å². The van der Waals surface area contributed by atoms with Gasteiger partial charge in [0, 0.05) is 13.3 Å². The Balaban J connectivity index is 1.42. The van der Waals surface area contributed by atoms with Crippen LogP contribution in [0.1, 0.15) is 106 Å². The fraction of sp³-hybridized carbons (Fsp3) is 0.897. The highest BCUT2D eigenvalue weighted by Gasteiger charge is 2.56. The molecule has 3 saturated carbocycles. The van der Waals surface area contributed by atoms with Gasteiger partial charge in [0.2, 0.25) is 0 Å². The number of fused-ring (bicyclic) bond motifs is 5. The molecule has 31 heavy (non-hydrogen) atoms. The van der Waals surface area contributed by atoms with E-state index in [4.69, 9.17) is 4.74 Å². The van der Waals surface area contributed by atoms with E-state index in [2.05, 4.69) is 40.7 Å². The summed E-state index contributed by atoms with van der Waals surface area (Å²) < 4.78 is 5.58. The molecule has 0 aliphatic heterocycles. The fourth-order valence-electron chi connectivity index (χ4n) is 8.60. The fourth-order valence-corrected chi connectivity index (χ4v) is 8.60. The number of hydrogen-bond acceptors (Lipinski definition) is 2. The minimum absolute atomic E-state index is 0.111. The van der Waals surface area contributed by atoms with Gasteiger partial charge < -0.3 is 4.74 Å². The Morgan fingerprint density at radius 3 is 2.55 bits per heavy atom. The van der Waals surface area contributed by atoms with Crippen LogP contribution in [0.15, 0.2) is 11.6 Å². The van der Waals surface area contributed by atoms with Gasteiger partial charge in [-0.15, -0.1) is 0 Å². The highest BCUT2D eigenvalue weighted by molar-refractivity contribution is 5.66. The van der Waals surface area contributed by atoms with Crippen molar-refractivity contribution in [2.24, 2.45) is 52.8 Å². The summed E-state index contributed by atoms with van der Waals surface area (Å²) in [5.41, 5.74) is 2.20. The molecule has 9 unspecified atom stereocenters. The second-order valence-electron chi connectivity index (χ2n) is 12.6. The van der Waals surface area contributed by atoms with Gasteiger partial charge in [-0.25, -0.2) is 0 Å². The van der Waals surface area contributed by atoms with E-state index in [-0.39, 0.29) is 12.1 Å². The number of hydrogen-bond donors (Lipinski definition) is 0. The average molecular weight is 429 g/mol. The summed E-state index contributed by atoms with van der Waals surface area (Å²) in [6.45, 7) is 14.0. The molecule has 0 amide bonds. The number of ether oxygens (including phenoxy) is 1. The first-order chi connectivity index (χ1) is 14.7. The number of carbonyl (C=O) groups is 1. The van der Waals surface area contributed by atoms with Crippen LogP contribution in [0, 0.1) is 52.8 Å². The van der Waals surface area contributed by atoms with Crippen LogP contribution in [0.5, 0.6) is 0 Å². The molecule has 3 fully saturated rings. The van der Waals surface area contributed by atoms with Gasteiger partial charge in [-0.2, -0.15) is 0 Å². The van der Waals surface area contributed by atoms with E-state index in [0.29, 0.717) is 5.41 Å². The topological polar surface area (TPSA) is 26.3 Å². The Morgan fingerprint density at radius 1 is 1.06 bits per heavy atom. The highest BCUT2D eigenvalue weighted by Crippen LogP contribution is 2.64. The van der Waals surface area contributed by atoms with E-state index >= 15 is 0 Å². The van der Waals surface area contributed by atoms with Crippen LogP contribution in [-0.4, -0.2) is 12.1 Å². The third kappa shape index (κ3) is 4.51. The van der Waals surface area contributed by atoms with Crippen molar-refractivity contribution in [3.63, 3.8) is 0 Å². The molecule has 0 aromatic heterocycles. The zero-order chi connectivity index (χ0) is 22.3. The average Bonchev–Trinajstić information content (AvgIpc) is 3.08. The van der Waals surface area contributed by atoms with E-state index < -0.39 is 0 Å². The van der Waals surface area contributed by atoms with Crippen LogP contribution < -0.4 is 0 Å². The van der Waals surface area contributed by atoms with Gasteiger partial charge in [0.15, 0.2) is 0 Å². The van der Waals surface area contributed by atoms with Gasteiger partial charge in [0.05, 0.1) is 0 Å². The number of esters is 1. The van der Waals surface area contributed by atoms with Gasteiger partial charge >= 0.3 is 5.97 Å². The third-order valence-electron chi connectivity index (χ3n) is 10.7. The molecule has 0 spiro atoms. The SMILES string of the molecule is CC(=O)OC1CCC2C(=CCC3C2CCC2(C)C(C(C)CCC(C)C(C)C)CCC32)C1. The van der Waals surface area contributed by atoms with Crippen LogP contribution in [0.4, 0.5) is 0 Å². The summed E-state index contributed by atoms with van der Waals surface area (Å²) in [5, 5.41) is 0. The largest absolute Gasteiger partial charge is 0.462 e. The van der Waals surface area contributed by atoms with Gasteiger partial charge in [0.1, 0.15) is 6.10 Å². The molecule has 0 aromatic carbocycles. The summed E-state index contributed by atoms with van der Waals surface area (Å²) in [6.07, 6.45) is 16.0. The molecule has 0 radical (unpaired) electrons. The summed E-state index contributed by atoms with van der Waals surface area (Å²) in [7, 11) is 0. The molecule has 2 heteroatoms. The van der Waals surface area contributed by atoms with Crippen molar-refractivity contribution in [2.45, 2.75) is 112 Å². The lowest BCUT2D eigenvalue weighted by Gasteiger charge is -2.54. The molecule has 2 nitrogen and oxygen atoms in total. The van der Waals surface area contributed by atoms with E-state index in [0.717, 1.165) is 60.2 Å². The normalized spacial score (nSPS) is 41.6. The molecular formula is C29H48O2. The van der Waals surface area contributed by atoms with Crippen molar-refractivity contribution >= 4 is 5.97 Å². The molecule has 9 atom stereocenters. The molecule has 4 aliphatic rings. The van der Waals surface area contributed by atoms with E-state index in [9.17, 15) is 4.79 Å². The van der Waals surface area contributed by atoms with Crippen LogP contribution in [0.2, 0.25) is 0 Å². The number of allylic oxidation sites excluding steroid dienone is 1. The minimum atomic E-state index is -0.111. The van der Waals surface area contributed by atoms with Crippen LogP contribution in [-0.2, 0) is 9.53 Å². The maximum absolute atomic E-state index is 11.4. The standard InChI is InChI=1S/C29H48O2/c1-18(2)19(3)7-8-20(4)27-13-14-28-26-11-9-22-17-23(31-21(5)30)10-12-24(22)25(26)15-16-29(27,28)6/h9,18-20,23-28H,7-8,10-17H2,1-6H3. The predicted molar refractivity (Wildman–Crippen MR) is 129 cm³/mol. The van der Waals surface area contributed by atoms with Crippen molar-refractivity contribution in [1.29, 1.82) is 0 Å². The van der Waals surface area contributed by atoms with Gasteiger partial charge in [-0.3, -0.25) is 4.79 Å². The quantitative estimate of drug-likeness (QED) is 0.318. The first-order valence-corrected chi connectivity index (χ1v) is 13.6. The lowest BCUT2D eigenvalue weighted by molar-refractivity contribution is -0.147. The van der Waals surface area contributed by atoms with Crippen LogP contribution >= 0.6 is 0 Å². The van der Waals surface area contributed by atoms with E-state index in [1.165, 1.54) is 51.4 Å². The smallest absolute Gasteiger partial charge is 0.302 e. The lowest BCUT2D eigenvalue weighted by atomic mass is 9.51. The maximum Gasteiger partial charge on any atom is 0.302 e. The molecule has 176 valence electrons. The molecule has 0 saturated heterocycles. The lowest BCUT2D eigenvalue weighted by Crippen LogP contribution is -2.47. The Kier molecular flexibility index (Phi) is 6.95. The Morgan fingerprint density at radius 2 is 1.84 bits per heavy atom. The van der Waals surface area contributed by atoms with Crippen molar-refractivity contribution in [1.82, 2.24) is 0 Å². The van der Waals surface area contributed by atoms with E-state index in [1.807, 2.05) is 0 Å². The third-order valence-corrected chi connectivity index (χ3v) is 10.7. The molecule has 4 rings (SSSR count). The second kappa shape index (κ2) is 9.22. The molecule has 0 aromatic rings. The maximum atomic E-state index is 11.4. The van der Waals surface area contributed by atoms with Crippen molar-refractivity contribution in [3.05, 3.63) is 11.6 Å². The molecule has 0 N–H and O–H groups in total. The zero-order valence-corrected chi connectivity index (χ0v) is 21.2. The highest BCUT2D eigenvalue weighted by atomic mass is 16.5. The minimum Gasteiger partial charge on any atom is -0.462 e. The van der Waals surface area contributed by atoms with Gasteiger partial charge in [-0.05, 0) is 97.7 Å². The molecule has 0 bridgehead atoms. The molecule has 4 aliphatic carbocycles. The summed E-state index contributed by atoms with van der Waals surface area (Å²) in [5.74, 6) is 6.88. The van der Waals surface area contributed by atoms with Crippen LogP contribution in [0.3, 0.4) is 0 Å². The Labute approximate surface area is 192 Å². The Hall–Kier alpha value is -0.790. The predicted octanol–water partition coefficient (Wildman–Crippen LogP) is 7.82. The van der Waals surface area contributed by atoms with Gasteiger partial charge in [0.25, 0.3) is 0 Å². The van der Waals surface area contributed by atoms with Crippen molar-refractivity contribution < 1.29 is 9.53 Å². The molecule has 0 heterocycles. The first-order valence-electron chi connectivity index (χ1n) is 13.6. The Bertz CT molecular complexity index is 678. The van der Waals surface area contributed by atoms with Crippen LogP contribution in [0.25, 0.3) is 0 Å². The number of carbonyl (C=O) groups excluding carboxylic acids is 1. The summed E-state index contributed by atoms with van der Waals surface area (Å²) in [6, 6.07) is 0. The first kappa shape index (κ1) is 23.4. The summed E-state index contributed by atoms with van der Waals surface area (Å²) >= 11 is 0. The monoisotopic (exact) mass is 428 g/mol. The zero-order valence-electron chi connectivity index (χ0n) is 21.2. The van der Waals surface area contributed by atoms with Crippen molar-refractivity contribution in [3.8, 4) is 0 Å². The van der Waals surface area contributed by atoms with E-state index in [1.54, 1.807) is 12.5 Å². The molecular weight excluding hydrogens is 380 g/mol. The number of rotatable bonds is 6. The summed E-state index contributed by atoms with van der Waals surface area (Å²) in [4.78, 5) is 11.4. The second-order valence-corrected chi connectivity index (χ2v) is 12.6. The van der Waals surface area contributed by atoms with Crippen molar-refractivity contribution in [2.75, 3.05) is 0 Å².